The van der Waals surface area contributed by atoms with E-state index >= 15 is 0 Å². The normalized spacial score (nSPS) is 13.2. The van der Waals surface area contributed by atoms with E-state index in [0.29, 0.717) is 21.9 Å². The van der Waals surface area contributed by atoms with E-state index in [1.165, 1.54) is 23.6 Å². The third-order valence-corrected chi connectivity index (χ3v) is 6.22. The molecule has 1 atom stereocenters. The van der Waals surface area contributed by atoms with Crippen LogP contribution >= 0.6 is 22.9 Å². The monoisotopic (exact) mass is 485 g/mol. The van der Waals surface area contributed by atoms with Gasteiger partial charge in [0.25, 0.3) is 5.91 Å². The van der Waals surface area contributed by atoms with Gasteiger partial charge in [-0.25, -0.2) is 9.78 Å². The lowest BCUT2D eigenvalue weighted by atomic mass is 9.98. The van der Waals surface area contributed by atoms with Crippen LogP contribution < -0.4 is 10.1 Å². The number of carboxylic acids is 1. The molecule has 3 aromatic rings. The first kappa shape index (κ1) is 24.7. The van der Waals surface area contributed by atoms with Crippen molar-refractivity contribution in [1.82, 2.24) is 10.3 Å². The van der Waals surface area contributed by atoms with E-state index in [0.717, 1.165) is 4.88 Å². The zero-order chi connectivity index (χ0) is 24.2. The number of benzene rings is 1. The molecule has 0 spiro atoms. The fourth-order valence-corrected chi connectivity index (χ4v) is 4.87. The molecule has 0 amide bonds. The zero-order valence-corrected chi connectivity index (χ0v) is 20.0. The maximum atomic E-state index is 11.8. The maximum absolute atomic E-state index is 11.8. The van der Waals surface area contributed by atoms with Gasteiger partial charge in [-0.2, -0.15) is 5.26 Å². The number of ether oxygens (including phenoxy) is 1. The first-order chi connectivity index (χ1) is 15.6. The molecule has 172 valence electrons. The lowest BCUT2D eigenvalue weighted by molar-refractivity contribution is -0.178. The van der Waals surface area contributed by atoms with Gasteiger partial charge in [0.1, 0.15) is 6.07 Å². The number of aromatic nitrogens is 1. The number of nitriles is 1. The average Bonchev–Trinajstić information content (AvgIpc) is 3.17. The van der Waals surface area contributed by atoms with E-state index < -0.39 is 17.4 Å². The van der Waals surface area contributed by atoms with Gasteiger partial charge in [0, 0.05) is 34.2 Å². The predicted molar refractivity (Wildman–Crippen MR) is 127 cm³/mol. The number of rotatable bonds is 9. The maximum Gasteiger partial charge on any atom is 0.336 e. The number of carbonyl (C=O) groups is 1. The first-order valence-electron chi connectivity index (χ1n) is 10.2. The van der Waals surface area contributed by atoms with Gasteiger partial charge in [0.15, 0.2) is 11.4 Å². The molecule has 0 aliphatic carbocycles. The van der Waals surface area contributed by atoms with Gasteiger partial charge in [-0.05, 0) is 44.5 Å². The van der Waals surface area contributed by atoms with Crippen molar-refractivity contribution in [2.45, 2.75) is 45.1 Å². The Bertz CT molecular complexity index is 1200. The third-order valence-electron chi connectivity index (χ3n) is 4.99. The zero-order valence-electron chi connectivity index (χ0n) is 18.4. The standard InChI is InChI=1S/C24H24ClN3O4S/c1-4-24(31,28-23(2,3)13-15-9-10-20(25)33-15)32-21-17(11-12-27-19(21)14-26)16-7-5-6-8-18(16)22(29)30/h5-12,28,31H,4,13H2,1-3H3,(H,29,30). The van der Waals surface area contributed by atoms with Crippen molar-refractivity contribution < 1.29 is 19.7 Å². The summed E-state index contributed by atoms with van der Waals surface area (Å²) in [5, 5.41) is 33.8. The summed E-state index contributed by atoms with van der Waals surface area (Å²) in [6.07, 6.45) is 2.12. The molecule has 0 fully saturated rings. The second-order valence-electron chi connectivity index (χ2n) is 8.13. The Labute approximate surface area is 201 Å². The molecule has 2 heterocycles. The van der Waals surface area contributed by atoms with Crippen LogP contribution in [0.2, 0.25) is 4.34 Å². The molecular formula is C24H24ClN3O4S. The smallest absolute Gasteiger partial charge is 0.336 e. The number of nitrogens with zero attached hydrogens (tertiary/aromatic N) is 2. The molecule has 1 aromatic carbocycles. The largest absolute Gasteiger partial charge is 0.478 e. The van der Waals surface area contributed by atoms with E-state index in [1.54, 1.807) is 31.2 Å². The lowest BCUT2D eigenvalue weighted by Gasteiger charge is -2.38. The van der Waals surface area contributed by atoms with Crippen LogP contribution in [0, 0.1) is 11.3 Å². The molecule has 33 heavy (non-hydrogen) atoms. The van der Waals surface area contributed by atoms with Crippen LogP contribution in [0.15, 0.2) is 48.7 Å². The number of nitrogens with one attached hydrogen (secondary N) is 1. The Hall–Kier alpha value is -2.96. The number of thiophene rings is 1. The molecule has 3 N–H and O–H groups in total. The highest BCUT2D eigenvalue weighted by Crippen LogP contribution is 2.36. The second kappa shape index (κ2) is 9.89. The van der Waals surface area contributed by atoms with Crippen LogP contribution in [0.3, 0.4) is 0 Å². The average molecular weight is 486 g/mol. The van der Waals surface area contributed by atoms with Gasteiger partial charge in [-0.15, -0.1) is 11.3 Å². The molecule has 0 saturated carbocycles. The van der Waals surface area contributed by atoms with Crippen LogP contribution in [-0.4, -0.2) is 32.6 Å². The van der Waals surface area contributed by atoms with Crippen LogP contribution in [-0.2, 0) is 6.42 Å². The van der Waals surface area contributed by atoms with Gasteiger partial charge < -0.3 is 14.9 Å². The molecule has 0 radical (unpaired) electrons. The summed E-state index contributed by atoms with van der Waals surface area (Å²) in [6, 6.07) is 13.7. The van der Waals surface area contributed by atoms with Gasteiger partial charge in [-0.1, -0.05) is 36.7 Å². The van der Waals surface area contributed by atoms with Crippen molar-refractivity contribution in [1.29, 1.82) is 5.26 Å². The summed E-state index contributed by atoms with van der Waals surface area (Å²) in [5.74, 6) is -2.97. The summed E-state index contributed by atoms with van der Waals surface area (Å²) < 4.78 is 6.70. The van der Waals surface area contributed by atoms with Crippen molar-refractivity contribution in [3.05, 3.63) is 69.1 Å². The van der Waals surface area contributed by atoms with E-state index in [-0.39, 0.29) is 23.4 Å². The highest BCUT2D eigenvalue weighted by Gasteiger charge is 2.36. The fourth-order valence-electron chi connectivity index (χ4n) is 3.56. The SMILES string of the molecule is CCC(O)(NC(C)(C)Cc1ccc(Cl)s1)Oc1c(-c2ccccc2C(=O)O)ccnc1C#N. The number of aromatic carboxylic acids is 1. The Morgan fingerprint density at radius 2 is 1.97 bits per heavy atom. The molecular weight excluding hydrogens is 462 g/mol. The minimum absolute atomic E-state index is 0.000480. The molecule has 0 aliphatic rings. The predicted octanol–water partition coefficient (Wildman–Crippen LogP) is 5.08. The number of hydrogen-bond acceptors (Lipinski definition) is 7. The topological polar surface area (TPSA) is 115 Å². The van der Waals surface area contributed by atoms with Crippen molar-refractivity contribution in [2.24, 2.45) is 0 Å². The summed E-state index contributed by atoms with van der Waals surface area (Å²) in [5.41, 5.74) is 0.0677. The van der Waals surface area contributed by atoms with Crippen molar-refractivity contribution in [2.75, 3.05) is 0 Å². The quantitative estimate of drug-likeness (QED) is 0.362. The first-order valence-corrected chi connectivity index (χ1v) is 11.4. The molecule has 0 saturated heterocycles. The minimum Gasteiger partial charge on any atom is -0.478 e. The number of halogens is 1. The Morgan fingerprint density at radius 1 is 1.24 bits per heavy atom. The van der Waals surface area contributed by atoms with E-state index in [2.05, 4.69) is 10.3 Å². The number of aliphatic hydroxyl groups is 1. The van der Waals surface area contributed by atoms with E-state index in [1.807, 2.05) is 32.0 Å². The Balaban J connectivity index is 2.00. The minimum atomic E-state index is -1.86. The number of carboxylic acid groups (broad SMARTS) is 1. The molecule has 0 aliphatic heterocycles. The number of pyridine rings is 1. The number of hydrogen-bond donors (Lipinski definition) is 3. The fraction of sp³-hybridized carbons (Fsp3) is 0.292. The highest BCUT2D eigenvalue weighted by molar-refractivity contribution is 7.16. The van der Waals surface area contributed by atoms with Gasteiger partial charge >= 0.3 is 5.97 Å². The van der Waals surface area contributed by atoms with Crippen LogP contribution in [0.4, 0.5) is 0 Å². The molecule has 0 bridgehead atoms. The molecule has 7 nitrogen and oxygen atoms in total. The van der Waals surface area contributed by atoms with Gasteiger partial charge in [0.05, 0.1) is 9.90 Å². The Morgan fingerprint density at radius 3 is 2.58 bits per heavy atom. The molecule has 3 rings (SSSR count). The van der Waals surface area contributed by atoms with Crippen molar-refractivity contribution >= 4 is 28.9 Å². The molecule has 1 unspecified atom stereocenters. The van der Waals surface area contributed by atoms with Crippen LogP contribution in [0.1, 0.15) is 48.1 Å². The Kier molecular flexibility index (Phi) is 7.40. The van der Waals surface area contributed by atoms with Crippen molar-refractivity contribution in [3.63, 3.8) is 0 Å². The van der Waals surface area contributed by atoms with Gasteiger partial charge in [0.2, 0.25) is 0 Å². The summed E-state index contributed by atoms with van der Waals surface area (Å²) in [6.45, 7) is 5.57. The third kappa shape index (κ3) is 5.89. The summed E-state index contributed by atoms with van der Waals surface area (Å²) >= 11 is 7.50. The van der Waals surface area contributed by atoms with Gasteiger partial charge in [-0.3, -0.25) is 5.32 Å². The van der Waals surface area contributed by atoms with Crippen molar-refractivity contribution in [3.8, 4) is 22.9 Å². The van der Waals surface area contributed by atoms with E-state index in [9.17, 15) is 20.3 Å². The second-order valence-corrected chi connectivity index (χ2v) is 9.93. The highest BCUT2D eigenvalue weighted by atomic mass is 35.5. The molecule has 9 heteroatoms. The summed E-state index contributed by atoms with van der Waals surface area (Å²) in [4.78, 5) is 16.9. The van der Waals surface area contributed by atoms with Crippen LogP contribution in [0.5, 0.6) is 5.75 Å². The summed E-state index contributed by atoms with van der Waals surface area (Å²) in [7, 11) is 0. The van der Waals surface area contributed by atoms with E-state index in [4.69, 9.17) is 16.3 Å². The molecule has 2 aromatic heterocycles. The van der Waals surface area contributed by atoms with Crippen LogP contribution in [0.25, 0.3) is 11.1 Å². The lowest BCUT2D eigenvalue weighted by Crippen LogP contribution is -2.59.